The molecule has 0 aliphatic carbocycles. The maximum absolute atomic E-state index is 5.61. The molecule has 1 atom stereocenters. The van der Waals surface area contributed by atoms with Crippen molar-refractivity contribution < 1.29 is 4.74 Å². The lowest BCUT2D eigenvalue weighted by Gasteiger charge is -2.13. The molecule has 0 bridgehead atoms. The molecule has 1 aromatic carbocycles. The third-order valence-corrected chi connectivity index (χ3v) is 1.81. The summed E-state index contributed by atoms with van der Waals surface area (Å²) in [6.45, 7) is 5.75. The van der Waals surface area contributed by atoms with Crippen molar-refractivity contribution in [1.29, 1.82) is 0 Å². The van der Waals surface area contributed by atoms with Crippen molar-refractivity contribution in [3.63, 3.8) is 0 Å². The molecule has 2 N–H and O–H groups in total. The maximum atomic E-state index is 5.61. The number of nitrogen functional groups attached to an aromatic ring is 1. The van der Waals surface area contributed by atoms with Crippen molar-refractivity contribution in [3.8, 4) is 5.75 Å². The summed E-state index contributed by atoms with van der Waals surface area (Å²) in [7, 11) is 0. The average molecular weight is 177 g/mol. The summed E-state index contributed by atoms with van der Waals surface area (Å²) in [5.74, 6) is 0.798. The van der Waals surface area contributed by atoms with E-state index < -0.39 is 0 Å². The van der Waals surface area contributed by atoms with Crippen LogP contribution in [0.25, 0.3) is 0 Å². The Morgan fingerprint density at radius 2 is 2.38 bits per heavy atom. The number of rotatable bonds is 4. The molecule has 0 heterocycles. The van der Waals surface area contributed by atoms with Crippen LogP contribution in [0.1, 0.15) is 13.3 Å². The van der Waals surface area contributed by atoms with Crippen LogP contribution in [-0.2, 0) is 0 Å². The zero-order valence-corrected chi connectivity index (χ0v) is 7.86. The molecule has 13 heavy (non-hydrogen) atoms. The van der Waals surface area contributed by atoms with Gasteiger partial charge in [-0.05, 0) is 18.6 Å². The molecule has 0 aromatic heterocycles. The fourth-order valence-corrected chi connectivity index (χ4v) is 1.06. The summed E-state index contributed by atoms with van der Waals surface area (Å²) in [6, 6.07) is 7.41. The van der Waals surface area contributed by atoms with E-state index in [4.69, 9.17) is 10.5 Å². The number of nitrogens with two attached hydrogens (primary N) is 1. The summed E-state index contributed by atoms with van der Waals surface area (Å²) >= 11 is 0. The standard InChI is InChI=1S/C11H15NO/c1-3-10(4-2)13-11-7-5-6-9(12)8-11/h3,5-8,10H,1,4,12H2,2H3. The molecule has 0 aliphatic rings. The van der Waals surface area contributed by atoms with Gasteiger partial charge in [0.05, 0.1) is 0 Å². The third-order valence-electron chi connectivity index (χ3n) is 1.81. The van der Waals surface area contributed by atoms with E-state index >= 15 is 0 Å². The van der Waals surface area contributed by atoms with Gasteiger partial charge in [0.25, 0.3) is 0 Å². The second kappa shape index (κ2) is 4.55. The minimum atomic E-state index is 0.0711. The largest absolute Gasteiger partial charge is 0.486 e. The molecular formula is C11H15NO. The highest BCUT2D eigenvalue weighted by Crippen LogP contribution is 2.17. The fourth-order valence-electron chi connectivity index (χ4n) is 1.06. The van der Waals surface area contributed by atoms with Crippen LogP contribution in [0.15, 0.2) is 36.9 Å². The normalized spacial score (nSPS) is 12.1. The van der Waals surface area contributed by atoms with Gasteiger partial charge in [0, 0.05) is 11.8 Å². The Balaban J connectivity index is 2.67. The first-order valence-electron chi connectivity index (χ1n) is 4.41. The lowest BCUT2D eigenvalue weighted by molar-refractivity contribution is 0.245. The first-order valence-corrected chi connectivity index (χ1v) is 4.41. The Bertz CT molecular complexity index is 283. The summed E-state index contributed by atoms with van der Waals surface area (Å²) in [5, 5.41) is 0. The summed E-state index contributed by atoms with van der Waals surface area (Å²) in [5.41, 5.74) is 6.33. The Morgan fingerprint density at radius 3 is 2.92 bits per heavy atom. The zero-order chi connectivity index (χ0) is 9.68. The average Bonchev–Trinajstić information content (AvgIpc) is 2.14. The molecule has 2 heteroatoms. The second-order valence-corrected chi connectivity index (χ2v) is 2.87. The lowest BCUT2D eigenvalue weighted by atomic mass is 10.2. The predicted molar refractivity (Wildman–Crippen MR) is 55.8 cm³/mol. The van der Waals surface area contributed by atoms with Crippen molar-refractivity contribution in [2.45, 2.75) is 19.4 Å². The van der Waals surface area contributed by atoms with Gasteiger partial charge >= 0.3 is 0 Å². The van der Waals surface area contributed by atoms with Gasteiger partial charge in [-0.15, -0.1) is 0 Å². The van der Waals surface area contributed by atoms with E-state index in [0.717, 1.165) is 17.9 Å². The van der Waals surface area contributed by atoms with Crippen LogP contribution < -0.4 is 10.5 Å². The molecule has 0 radical (unpaired) electrons. The lowest BCUT2D eigenvalue weighted by Crippen LogP contribution is -2.11. The molecule has 0 saturated carbocycles. The molecule has 0 fully saturated rings. The number of hydrogen-bond acceptors (Lipinski definition) is 2. The zero-order valence-electron chi connectivity index (χ0n) is 7.86. The van der Waals surface area contributed by atoms with E-state index in [9.17, 15) is 0 Å². The van der Waals surface area contributed by atoms with Crippen LogP contribution in [0.3, 0.4) is 0 Å². The molecule has 0 spiro atoms. The Morgan fingerprint density at radius 1 is 1.62 bits per heavy atom. The maximum Gasteiger partial charge on any atom is 0.122 e. The van der Waals surface area contributed by atoms with E-state index in [-0.39, 0.29) is 6.10 Å². The van der Waals surface area contributed by atoms with E-state index in [2.05, 4.69) is 13.5 Å². The smallest absolute Gasteiger partial charge is 0.122 e. The van der Waals surface area contributed by atoms with Gasteiger partial charge in [-0.3, -0.25) is 0 Å². The SMILES string of the molecule is C=CC(CC)Oc1cccc(N)c1. The van der Waals surface area contributed by atoms with Crippen LogP contribution in [0.5, 0.6) is 5.75 Å². The van der Waals surface area contributed by atoms with Gasteiger partial charge in [-0.1, -0.05) is 25.6 Å². The molecule has 1 aromatic rings. The minimum absolute atomic E-state index is 0.0711. The molecule has 0 aliphatic heterocycles. The minimum Gasteiger partial charge on any atom is -0.486 e. The van der Waals surface area contributed by atoms with Crippen LogP contribution in [0.2, 0.25) is 0 Å². The highest BCUT2D eigenvalue weighted by molar-refractivity contribution is 5.43. The Kier molecular flexibility index (Phi) is 3.38. The quantitative estimate of drug-likeness (QED) is 0.566. The van der Waals surface area contributed by atoms with Crippen molar-refractivity contribution in [3.05, 3.63) is 36.9 Å². The topological polar surface area (TPSA) is 35.2 Å². The van der Waals surface area contributed by atoms with E-state index in [0.29, 0.717) is 0 Å². The number of ether oxygens (including phenoxy) is 1. The molecule has 1 rings (SSSR count). The van der Waals surface area contributed by atoms with Crippen molar-refractivity contribution in [2.24, 2.45) is 0 Å². The van der Waals surface area contributed by atoms with Gasteiger partial charge in [0.2, 0.25) is 0 Å². The van der Waals surface area contributed by atoms with Crippen LogP contribution in [-0.4, -0.2) is 6.10 Å². The van der Waals surface area contributed by atoms with Crippen molar-refractivity contribution >= 4 is 5.69 Å². The van der Waals surface area contributed by atoms with Crippen LogP contribution in [0, 0.1) is 0 Å². The van der Waals surface area contributed by atoms with E-state index in [1.165, 1.54) is 0 Å². The Labute approximate surface area is 79.0 Å². The summed E-state index contributed by atoms with van der Waals surface area (Å²) in [6.07, 6.45) is 2.78. The molecule has 2 nitrogen and oxygen atoms in total. The first kappa shape index (κ1) is 9.65. The summed E-state index contributed by atoms with van der Waals surface area (Å²) < 4.78 is 5.60. The predicted octanol–water partition coefficient (Wildman–Crippen LogP) is 2.61. The number of benzene rings is 1. The summed E-state index contributed by atoms with van der Waals surface area (Å²) in [4.78, 5) is 0. The van der Waals surface area contributed by atoms with Gasteiger partial charge in [0.15, 0.2) is 0 Å². The first-order chi connectivity index (χ1) is 6.26. The highest BCUT2D eigenvalue weighted by Gasteiger charge is 2.02. The van der Waals surface area contributed by atoms with Gasteiger partial charge in [0.1, 0.15) is 11.9 Å². The van der Waals surface area contributed by atoms with Crippen molar-refractivity contribution in [1.82, 2.24) is 0 Å². The van der Waals surface area contributed by atoms with Crippen LogP contribution in [0.4, 0.5) is 5.69 Å². The van der Waals surface area contributed by atoms with Crippen LogP contribution >= 0.6 is 0 Å². The van der Waals surface area contributed by atoms with Crippen molar-refractivity contribution in [2.75, 3.05) is 5.73 Å². The molecular weight excluding hydrogens is 162 g/mol. The van der Waals surface area contributed by atoms with Gasteiger partial charge < -0.3 is 10.5 Å². The second-order valence-electron chi connectivity index (χ2n) is 2.87. The van der Waals surface area contributed by atoms with E-state index in [1.54, 1.807) is 6.08 Å². The van der Waals surface area contributed by atoms with Gasteiger partial charge in [-0.2, -0.15) is 0 Å². The highest BCUT2D eigenvalue weighted by atomic mass is 16.5. The third kappa shape index (κ3) is 2.82. The molecule has 70 valence electrons. The van der Waals surface area contributed by atoms with E-state index in [1.807, 2.05) is 24.3 Å². The Hall–Kier alpha value is -1.44. The number of hydrogen-bond donors (Lipinski definition) is 1. The fraction of sp³-hybridized carbons (Fsp3) is 0.273. The molecule has 0 saturated heterocycles. The monoisotopic (exact) mass is 177 g/mol. The van der Waals surface area contributed by atoms with Gasteiger partial charge in [-0.25, -0.2) is 0 Å². The molecule has 0 amide bonds. The number of anilines is 1. The molecule has 1 unspecified atom stereocenters.